The van der Waals surface area contributed by atoms with Gasteiger partial charge < -0.3 is 5.11 Å². The second kappa shape index (κ2) is 5.93. The lowest BCUT2D eigenvalue weighted by Crippen LogP contribution is -2.13. The summed E-state index contributed by atoms with van der Waals surface area (Å²) in [5.41, 5.74) is 1.92. The normalized spacial score (nSPS) is 12.8. The van der Waals surface area contributed by atoms with Gasteiger partial charge >= 0.3 is 5.97 Å². The van der Waals surface area contributed by atoms with Crippen molar-refractivity contribution in [3.63, 3.8) is 0 Å². The van der Waals surface area contributed by atoms with Crippen molar-refractivity contribution >= 4 is 45.3 Å². The van der Waals surface area contributed by atoms with E-state index in [0.29, 0.717) is 10.9 Å². The van der Waals surface area contributed by atoms with Gasteiger partial charge in [0.25, 0.3) is 0 Å². The van der Waals surface area contributed by atoms with E-state index >= 15 is 0 Å². The van der Waals surface area contributed by atoms with Crippen molar-refractivity contribution in [3.05, 3.63) is 28.8 Å². The molecule has 2 aromatic rings. The summed E-state index contributed by atoms with van der Waals surface area (Å²) in [6.07, 6.45) is -0.144. The van der Waals surface area contributed by atoms with Gasteiger partial charge in [0.15, 0.2) is 5.12 Å². The number of carboxylic acid groups (broad SMARTS) is 1. The molecule has 0 saturated carbocycles. The Morgan fingerprint density at radius 1 is 1.40 bits per heavy atom. The van der Waals surface area contributed by atoms with Crippen LogP contribution in [0.25, 0.3) is 10.2 Å². The molecule has 20 heavy (non-hydrogen) atoms. The van der Waals surface area contributed by atoms with E-state index < -0.39 is 17.0 Å². The number of nitrogens with zero attached hydrogens (tertiary/aromatic N) is 1. The lowest BCUT2D eigenvalue weighted by Gasteiger charge is -2.06. The average Bonchev–Trinajstić information content (AvgIpc) is 2.77. The molecule has 1 heterocycles. The molecule has 1 aromatic heterocycles. The van der Waals surface area contributed by atoms with Crippen molar-refractivity contribution < 1.29 is 14.7 Å². The Labute approximate surface area is 126 Å². The largest absolute Gasteiger partial charge is 0.481 e. The van der Waals surface area contributed by atoms with Gasteiger partial charge in [-0.25, -0.2) is 4.98 Å². The predicted octanol–water partition coefficient (Wildman–Crippen LogP) is 3.43. The maximum Gasteiger partial charge on any atom is 0.313 e. The molecule has 1 atom stereocenters. The van der Waals surface area contributed by atoms with Crippen LogP contribution in [-0.4, -0.2) is 21.2 Å². The first-order chi connectivity index (χ1) is 9.40. The molecule has 1 aromatic carbocycles. The van der Waals surface area contributed by atoms with Crippen LogP contribution in [0.1, 0.15) is 42.7 Å². The summed E-state index contributed by atoms with van der Waals surface area (Å²) in [5.74, 6) is -1.65. The predicted molar refractivity (Wildman–Crippen MR) is 82.7 cm³/mol. The number of carbonyl (C=O) groups excluding carboxylic acids is 1. The summed E-state index contributed by atoms with van der Waals surface area (Å²) in [4.78, 5) is 26.9. The molecule has 0 bridgehead atoms. The van der Waals surface area contributed by atoms with Gasteiger partial charge in [0.1, 0.15) is 10.9 Å². The number of carbonyl (C=O) groups is 2. The Kier molecular flexibility index (Phi) is 4.45. The summed E-state index contributed by atoms with van der Waals surface area (Å²) in [7, 11) is 0. The number of aromatic nitrogens is 1. The summed E-state index contributed by atoms with van der Waals surface area (Å²) in [5, 5.41) is 9.28. The minimum atomic E-state index is -1.04. The maximum absolute atomic E-state index is 11.3. The first kappa shape index (κ1) is 15.0. The molecule has 0 amide bonds. The van der Waals surface area contributed by atoms with Gasteiger partial charge in [-0.1, -0.05) is 26.0 Å². The van der Waals surface area contributed by atoms with Gasteiger partial charge in [0.05, 0.1) is 10.2 Å². The van der Waals surface area contributed by atoms with Gasteiger partial charge in [-0.3, -0.25) is 9.59 Å². The van der Waals surface area contributed by atoms with Crippen LogP contribution in [0.15, 0.2) is 18.2 Å². The van der Waals surface area contributed by atoms with Gasteiger partial charge in [-0.2, -0.15) is 0 Å². The first-order valence-corrected chi connectivity index (χ1v) is 7.50. The highest BCUT2D eigenvalue weighted by Crippen LogP contribution is 2.33. The van der Waals surface area contributed by atoms with Crippen LogP contribution in [0, 0.1) is 0 Å². The molecule has 4 nitrogen and oxygen atoms in total. The van der Waals surface area contributed by atoms with Crippen molar-refractivity contribution in [1.82, 2.24) is 4.98 Å². The molecular weight excluding hydrogens is 294 g/mol. The fourth-order valence-electron chi connectivity index (χ4n) is 2.06. The van der Waals surface area contributed by atoms with Gasteiger partial charge in [0, 0.05) is 6.42 Å². The molecule has 106 valence electrons. The van der Waals surface area contributed by atoms with Crippen molar-refractivity contribution in [1.29, 1.82) is 0 Å². The molecule has 6 heteroatoms. The van der Waals surface area contributed by atoms with Crippen LogP contribution in [0.2, 0.25) is 0 Å². The van der Waals surface area contributed by atoms with Gasteiger partial charge in [-0.15, -0.1) is 24.0 Å². The second-order valence-corrected chi connectivity index (χ2v) is 6.45. The van der Waals surface area contributed by atoms with E-state index in [1.807, 2.05) is 18.2 Å². The molecule has 1 unspecified atom stereocenters. The van der Waals surface area contributed by atoms with Crippen LogP contribution in [0.3, 0.4) is 0 Å². The molecule has 0 spiro atoms. The maximum atomic E-state index is 11.3. The Bertz CT molecular complexity index is 663. The standard InChI is InChI=1S/C14H15NO3S2/c1-7(2)8-4-3-5-10-12(8)15-13(20-10)9(14(17)18)6-11(16)19/h3-5,7,9H,6H2,1-2H3,(H,16,19)(H,17,18). The highest BCUT2D eigenvalue weighted by molar-refractivity contribution is 7.96. The molecule has 0 aliphatic carbocycles. The quantitative estimate of drug-likeness (QED) is 0.830. The van der Waals surface area contributed by atoms with E-state index in [-0.39, 0.29) is 6.42 Å². The van der Waals surface area contributed by atoms with Crippen molar-refractivity contribution in [2.75, 3.05) is 0 Å². The van der Waals surface area contributed by atoms with E-state index in [4.69, 9.17) is 0 Å². The summed E-state index contributed by atoms with van der Waals surface area (Å²) < 4.78 is 0.948. The van der Waals surface area contributed by atoms with Crippen LogP contribution in [0.5, 0.6) is 0 Å². The number of thiazole rings is 1. The third kappa shape index (κ3) is 3.02. The molecule has 0 saturated heterocycles. The molecule has 0 radical (unpaired) electrons. The lowest BCUT2D eigenvalue weighted by atomic mass is 10.0. The van der Waals surface area contributed by atoms with E-state index in [9.17, 15) is 14.7 Å². The van der Waals surface area contributed by atoms with Crippen LogP contribution in [-0.2, 0) is 9.59 Å². The van der Waals surface area contributed by atoms with Crippen molar-refractivity contribution in [3.8, 4) is 0 Å². The topological polar surface area (TPSA) is 67.3 Å². The number of para-hydroxylation sites is 1. The fourth-order valence-corrected chi connectivity index (χ4v) is 3.33. The number of thiol groups is 1. The van der Waals surface area contributed by atoms with Crippen molar-refractivity contribution in [2.24, 2.45) is 0 Å². The monoisotopic (exact) mass is 309 g/mol. The van der Waals surface area contributed by atoms with Crippen molar-refractivity contribution in [2.45, 2.75) is 32.1 Å². The minimum absolute atomic E-state index is 0.144. The SMILES string of the molecule is CC(C)c1cccc2sc(C(CC(=O)S)C(=O)O)nc12. The Morgan fingerprint density at radius 3 is 2.65 bits per heavy atom. The van der Waals surface area contributed by atoms with Crippen LogP contribution < -0.4 is 0 Å². The number of benzene rings is 1. The number of hydrogen-bond acceptors (Lipinski definition) is 4. The molecule has 0 aliphatic heterocycles. The smallest absolute Gasteiger partial charge is 0.313 e. The highest BCUT2D eigenvalue weighted by Gasteiger charge is 2.26. The molecular formula is C14H15NO3S2. The van der Waals surface area contributed by atoms with E-state index in [1.165, 1.54) is 11.3 Å². The number of hydrogen-bond donors (Lipinski definition) is 2. The minimum Gasteiger partial charge on any atom is -0.481 e. The summed E-state index contributed by atoms with van der Waals surface area (Å²) in [6.45, 7) is 4.14. The molecule has 2 rings (SSSR count). The lowest BCUT2D eigenvalue weighted by molar-refractivity contribution is -0.139. The Hall–Kier alpha value is -1.40. The molecule has 0 fully saturated rings. The van der Waals surface area contributed by atoms with Gasteiger partial charge in [0.2, 0.25) is 0 Å². The highest BCUT2D eigenvalue weighted by atomic mass is 32.1. The zero-order chi connectivity index (χ0) is 14.9. The Morgan fingerprint density at radius 2 is 2.10 bits per heavy atom. The molecule has 0 aliphatic rings. The van der Waals surface area contributed by atoms with Crippen LogP contribution >= 0.6 is 24.0 Å². The number of carboxylic acids is 1. The number of rotatable bonds is 5. The second-order valence-electron chi connectivity index (χ2n) is 4.89. The summed E-state index contributed by atoms with van der Waals surface area (Å²) in [6, 6.07) is 5.86. The Balaban J connectivity index is 2.52. The van der Waals surface area contributed by atoms with Crippen LogP contribution in [0.4, 0.5) is 0 Å². The third-order valence-electron chi connectivity index (χ3n) is 3.06. The van der Waals surface area contributed by atoms with E-state index in [1.54, 1.807) is 0 Å². The number of aliphatic carboxylic acids is 1. The zero-order valence-corrected chi connectivity index (χ0v) is 12.9. The van der Waals surface area contributed by atoms with E-state index in [0.717, 1.165) is 15.8 Å². The average molecular weight is 309 g/mol. The fraction of sp³-hybridized carbons (Fsp3) is 0.357. The zero-order valence-electron chi connectivity index (χ0n) is 11.2. The van der Waals surface area contributed by atoms with E-state index in [2.05, 4.69) is 31.5 Å². The summed E-state index contributed by atoms with van der Waals surface area (Å²) >= 11 is 5.00. The molecule has 1 N–H and O–H groups in total. The van der Waals surface area contributed by atoms with Gasteiger partial charge in [-0.05, 0) is 17.5 Å². The number of fused-ring (bicyclic) bond motifs is 1. The first-order valence-electron chi connectivity index (χ1n) is 6.24. The third-order valence-corrected chi connectivity index (χ3v) is 4.38.